The van der Waals surface area contributed by atoms with E-state index in [4.69, 9.17) is 0 Å². The fourth-order valence-electron chi connectivity index (χ4n) is 2.41. The first-order valence-corrected chi connectivity index (χ1v) is 8.22. The minimum atomic E-state index is 0.532. The van der Waals surface area contributed by atoms with Crippen LogP contribution in [0.5, 0.6) is 0 Å². The van der Waals surface area contributed by atoms with E-state index in [9.17, 15) is 0 Å². The van der Waals surface area contributed by atoms with Crippen molar-refractivity contribution >= 4 is 0 Å². The van der Waals surface area contributed by atoms with E-state index in [0.717, 1.165) is 0 Å². The molecule has 0 spiro atoms. The molecule has 0 aliphatic heterocycles. The molecule has 0 unspecified atom stereocenters. The van der Waals surface area contributed by atoms with Crippen LogP contribution >= 0.6 is 0 Å². The second-order valence-corrected chi connectivity index (χ2v) is 6.81. The summed E-state index contributed by atoms with van der Waals surface area (Å²) < 4.78 is 0. The highest BCUT2D eigenvalue weighted by atomic mass is 15.1. The number of unbranched alkanes of at least 4 members (excludes halogenated alkanes) is 6. The molecule has 0 saturated carbocycles. The van der Waals surface area contributed by atoms with Gasteiger partial charge in [-0.3, -0.25) is 0 Å². The van der Waals surface area contributed by atoms with Crippen molar-refractivity contribution < 1.29 is 0 Å². The molecule has 0 bridgehead atoms. The zero-order valence-corrected chi connectivity index (χ0v) is 13.7. The van der Waals surface area contributed by atoms with Crippen LogP contribution in [-0.2, 0) is 0 Å². The van der Waals surface area contributed by atoms with Gasteiger partial charge in [0.25, 0.3) is 0 Å². The van der Waals surface area contributed by atoms with E-state index in [1.807, 2.05) is 0 Å². The molecule has 0 aromatic carbocycles. The number of hydrogen-bond acceptors (Lipinski definition) is 1. The largest absolute Gasteiger partial charge is 0.304 e. The Morgan fingerprint density at radius 3 is 1.56 bits per heavy atom. The zero-order valence-electron chi connectivity index (χ0n) is 13.7. The van der Waals surface area contributed by atoms with Crippen molar-refractivity contribution in [1.29, 1.82) is 0 Å². The lowest BCUT2D eigenvalue weighted by Gasteiger charge is -2.18. The van der Waals surface area contributed by atoms with E-state index < -0.39 is 0 Å². The van der Waals surface area contributed by atoms with E-state index in [1.165, 1.54) is 71.0 Å². The summed E-state index contributed by atoms with van der Waals surface area (Å²) in [6, 6.07) is 0. The Bertz CT molecular complexity index is 165. The van der Waals surface area contributed by atoms with Crippen molar-refractivity contribution in [2.24, 2.45) is 5.41 Å². The molecule has 18 heavy (non-hydrogen) atoms. The van der Waals surface area contributed by atoms with Crippen molar-refractivity contribution in [3.05, 3.63) is 0 Å². The lowest BCUT2D eigenvalue weighted by molar-refractivity contribution is 0.295. The van der Waals surface area contributed by atoms with Crippen LogP contribution in [0.15, 0.2) is 0 Å². The molecule has 1 nitrogen and oxygen atoms in total. The molecule has 0 aromatic heterocycles. The second kappa shape index (κ2) is 10.8. The quantitative estimate of drug-likeness (QED) is 0.441. The van der Waals surface area contributed by atoms with Gasteiger partial charge in [0, 0.05) is 0 Å². The van der Waals surface area contributed by atoms with E-state index in [1.54, 1.807) is 0 Å². The molecule has 110 valence electrons. The molecule has 0 radical (unpaired) electrons. The summed E-state index contributed by atoms with van der Waals surface area (Å²) in [5.41, 5.74) is 0.532. The van der Waals surface area contributed by atoms with Gasteiger partial charge in [-0.25, -0.2) is 0 Å². The standard InChI is InChI=1S/C17H37N/c1-6-18(7-2)16-14-12-10-8-9-11-13-15-17(3,4)5/h6-16H2,1-5H3. The Kier molecular flexibility index (Phi) is 10.8. The Hall–Kier alpha value is -0.0400. The smallest absolute Gasteiger partial charge is 0.00190 e. The number of nitrogens with zero attached hydrogens (tertiary/aromatic N) is 1. The topological polar surface area (TPSA) is 3.24 Å². The average molecular weight is 255 g/mol. The molecule has 0 fully saturated rings. The lowest BCUT2D eigenvalue weighted by Crippen LogP contribution is -2.23. The summed E-state index contributed by atoms with van der Waals surface area (Å²) >= 11 is 0. The highest BCUT2D eigenvalue weighted by Crippen LogP contribution is 2.22. The molecule has 0 N–H and O–H groups in total. The number of hydrogen-bond donors (Lipinski definition) is 0. The van der Waals surface area contributed by atoms with Crippen LogP contribution in [0.4, 0.5) is 0 Å². The summed E-state index contributed by atoms with van der Waals surface area (Å²) in [6.45, 7) is 15.3. The van der Waals surface area contributed by atoms with E-state index in [0.29, 0.717) is 5.41 Å². The van der Waals surface area contributed by atoms with Gasteiger partial charge in [-0.1, -0.05) is 73.1 Å². The SMILES string of the molecule is CCN(CC)CCCCCCCCCC(C)(C)C. The maximum atomic E-state index is 2.53. The maximum Gasteiger partial charge on any atom is -0.00190 e. The van der Waals surface area contributed by atoms with Gasteiger partial charge in [-0.05, 0) is 37.9 Å². The molecule has 0 heterocycles. The van der Waals surface area contributed by atoms with Gasteiger partial charge >= 0.3 is 0 Å². The van der Waals surface area contributed by atoms with Gasteiger partial charge in [0.15, 0.2) is 0 Å². The molecule has 0 amide bonds. The van der Waals surface area contributed by atoms with Crippen LogP contribution in [-0.4, -0.2) is 24.5 Å². The third-order valence-corrected chi connectivity index (χ3v) is 3.80. The Morgan fingerprint density at radius 1 is 0.667 bits per heavy atom. The van der Waals surface area contributed by atoms with Gasteiger partial charge in [0.2, 0.25) is 0 Å². The Labute approximate surface area is 116 Å². The first-order valence-electron chi connectivity index (χ1n) is 8.22. The third-order valence-electron chi connectivity index (χ3n) is 3.80. The van der Waals surface area contributed by atoms with Crippen molar-refractivity contribution in [3.63, 3.8) is 0 Å². The molecule has 1 heteroatoms. The van der Waals surface area contributed by atoms with Crippen LogP contribution in [0.2, 0.25) is 0 Å². The molecule has 0 rings (SSSR count). The van der Waals surface area contributed by atoms with E-state index in [2.05, 4.69) is 39.5 Å². The Morgan fingerprint density at radius 2 is 1.11 bits per heavy atom. The fourth-order valence-corrected chi connectivity index (χ4v) is 2.41. The third kappa shape index (κ3) is 12.4. The predicted molar refractivity (Wildman–Crippen MR) is 84.2 cm³/mol. The number of rotatable bonds is 11. The maximum absolute atomic E-state index is 2.53. The van der Waals surface area contributed by atoms with Crippen molar-refractivity contribution in [1.82, 2.24) is 4.90 Å². The highest BCUT2D eigenvalue weighted by Gasteiger charge is 2.08. The summed E-state index contributed by atoms with van der Waals surface area (Å²) in [5, 5.41) is 0. The molecular formula is C17H37N. The van der Waals surface area contributed by atoms with Crippen LogP contribution in [0.25, 0.3) is 0 Å². The molecule has 0 aliphatic carbocycles. The van der Waals surface area contributed by atoms with E-state index in [-0.39, 0.29) is 0 Å². The molecule has 0 atom stereocenters. The molecular weight excluding hydrogens is 218 g/mol. The summed E-state index contributed by atoms with van der Waals surface area (Å²) in [5.74, 6) is 0. The molecule has 0 saturated heterocycles. The van der Waals surface area contributed by atoms with Crippen LogP contribution in [0.1, 0.15) is 86.0 Å². The fraction of sp³-hybridized carbons (Fsp3) is 1.00. The minimum Gasteiger partial charge on any atom is -0.304 e. The van der Waals surface area contributed by atoms with Gasteiger partial charge < -0.3 is 4.90 Å². The van der Waals surface area contributed by atoms with Gasteiger partial charge in [-0.15, -0.1) is 0 Å². The predicted octanol–water partition coefficient (Wildman–Crippen LogP) is 5.50. The summed E-state index contributed by atoms with van der Waals surface area (Å²) in [6.07, 6.45) is 11.4. The zero-order chi connectivity index (χ0) is 13.9. The summed E-state index contributed by atoms with van der Waals surface area (Å²) in [4.78, 5) is 2.53. The molecule has 0 aliphatic rings. The van der Waals surface area contributed by atoms with Crippen molar-refractivity contribution in [3.8, 4) is 0 Å². The normalized spacial score (nSPS) is 12.3. The highest BCUT2D eigenvalue weighted by molar-refractivity contribution is 4.61. The van der Waals surface area contributed by atoms with Gasteiger partial charge in [0.1, 0.15) is 0 Å². The van der Waals surface area contributed by atoms with Gasteiger partial charge in [-0.2, -0.15) is 0 Å². The second-order valence-electron chi connectivity index (χ2n) is 6.81. The minimum absolute atomic E-state index is 0.532. The average Bonchev–Trinajstić information content (AvgIpc) is 2.30. The van der Waals surface area contributed by atoms with Gasteiger partial charge in [0.05, 0.1) is 0 Å². The molecule has 0 aromatic rings. The monoisotopic (exact) mass is 255 g/mol. The van der Waals surface area contributed by atoms with Crippen molar-refractivity contribution in [2.75, 3.05) is 19.6 Å². The lowest BCUT2D eigenvalue weighted by atomic mass is 9.89. The summed E-state index contributed by atoms with van der Waals surface area (Å²) in [7, 11) is 0. The van der Waals surface area contributed by atoms with E-state index >= 15 is 0 Å². The van der Waals surface area contributed by atoms with Crippen molar-refractivity contribution in [2.45, 2.75) is 86.0 Å². The first kappa shape index (κ1) is 18.0. The van der Waals surface area contributed by atoms with Crippen LogP contribution in [0, 0.1) is 5.41 Å². The van der Waals surface area contributed by atoms with Crippen LogP contribution < -0.4 is 0 Å². The Balaban J connectivity index is 3.17. The van der Waals surface area contributed by atoms with Crippen LogP contribution in [0.3, 0.4) is 0 Å². The first-order chi connectivity index (χ1) is 8.49.